The van der Waals surface area contributed by atoms with E-state index in [1.54, 1.807) is 19.1 Å². The average molecular weight is 337 g/mol. The van der Waals surface area contributed by atoms with Gasteiger partial charge in [0.15, 0.2) is 6.79 Å². The zero-order chi connectivity index (χ0) is 16.4. The molecule has 0 spiro atoms. The highest BCUT2D eigenvalue weighted by atomic mass is 35.5. The molecule has 0 atom stereocenters. The maximum absolute atomic E-state index is 13.5. The van der Waals surface area contributed by atoms with Crippen LogP contribution in [-0.2, 0) is 22.7 Å². The van der Waals surface area contributed by atoms with E-state index in [9.17, 15) is 9.18 Å². The fourth-order valence-electron chi connectivity index (χ4n) is 2.31. The molecule has 0 bridgehead atoms. The van der Waals surface area contributed by atoms with Crippen LogP contribution >= 0.6 is 11.6 Å². The molecular weight excluding hydrogens is 323 g/mol. The van der Waals surface area contributed by atoms with Crippen LogP contribution in [0.3, 0.4) is 0 Å². The number of carbonyl (C=O) groups excluding carboxylic acids is 1. The van der Waals surface area contributed by atoms with Crippen LogP contribution in [0.5, 0.6) is 5.75 Å². The van der Waals surface area contributed by atoms with Gasteiger partial charge in [0.1, 0.15) is 18.2 Å². The van der Waals surface area contributed by atoms with E-state index in [2.05, 4.69) is 0 Å². The molecule has 2 aromatic rings. The van der Waals surface area contributed by atoms with Crippen molar-refractivity contribution in [2.75, 3.05) is 6.79 Å². The molecule has 0 N–H and O–H groups in total. The summed E-state index contributed by atoms with van der Waals surface area (Å²) in [6.07, 6.45) is 0. The third kappa shape index (κ3) is 3.46. The normalized spacial score (nSPS) is 13.2. The molecule has 0 fully saturated rings. The molecule has 0 saturated heterocycles. The van der Waals surface area contributed by atoms with Crippen LogP contribution in [0.4, 0.5) is 4.39 Å². The number of hydrogen-bond acceptors (Lipinski definition) is 4. The Labute approximate surface area is 137 Å². The van der Waals surface area contributed by atoms with Crippen molar-refractivity contribution in [1.29, 1.82) is 0 Å². The summed E-state index contributed by atoms with van der Waals surface area (Å²) in [6, 6.07) is 7.65. The van der Waals surface area contributed by atoms with Gasteiger partial charge in [0.25, 0.3) is 0 Å². The number of fused-ring (bicyclic) bond motifs is 1. The minimum absolute atomic E-state index is 0.0166. The molecular formula is C17H14ClFO4. The number of esters is 1. The number of carbonyl (C=O) groups is 1. The summed E-state index contributed by atoms with van der Waals surface area (Å²) in [7, 11) is 0. The molecule has 0 amide bonds. The lowest BCUT2D eigenvalue weighted by atomic mass is 10.1. The third-order valence-electron chi connectivity index (χ3n) is 3.52. The molecule has 120 valence electrons. The fourth-order valence-corrected chi connectivity index (χ4v) is 2.57. The van der Waals surface area contributed by atoms with Crippen LogP contribution in [0.15, 0.2) is 30.3 Å². The van der Waals surface area contributed by atoms with E-state index >= 15 is 0 Å². The Bertz CT molecular complexity index is 760. The first-order valence-corrected chi connectivity index (χ1v) is 7.37. The van der Waals surface area contributed by atoms with E-state index in [0.717, 1.165) is 11.6 Å². The van der Waals surface area contributed by atoms with Crippen molar-refractivity contribution in [3.8, 4) is 5.75 Å². The quantitative estimate of drug-likeness (QED) is 0.794. The molecule has 1 heterocycles. The van der Waals surface area contributed by atoms with Crippen molar-refractivity contribution in [1.82, 2.24) is 0 Å². The highest BCUT2D eigenvalue weighted by Crippen LogP contribution is 2.32. The first-order valence-electron chi connectivity index (χ1n) is 6.99. The Morgan fingerprint density at radius 3 is 2.96 bits per heavy atom. The molecule has 0 radical (unpaired) electrons. The molecule has 6 heteroatoms. The maximum Gasteiger partial charge on any atom is 0.338 e. The van der Waals surface area contributed by atoms with Gasteiger partial charge in [-0.2, -0.15) is 0 Å². The van der Waals surface area contributed by atoms with Gasteiger partial charge in [-0.3, -0.25) is 0 Å². The Kier molecular flexibility index (Phi) is 4.50. The van der Waals surface area contributed by atoms with Crippen molar-refractivity contribution >= 4 is 17.6 Å². The zero-order valence-corrected chi connectivity index (χ0v) is 13.2. The van der Waals surface area contributed by atoms with Crippen LogP contribution in [0.2, 0.25) is 5.02 Å². The zero-order valence-electron chi connectivity index (χ0n) is 12.4. The van der Waals surface area contributed by atoms with Crippen molar-refractivity contribution < 1.29 is 23.4 Å². The summed E-state index contributed by atoms with van der Waals surface area (Å²) in [5, 5.41) is 0.505. The Balaban J connectivity index is 1.76. The number of aryl methyl sites for hydroxylation is 1. The second-order valence-corrected chi connectivity index (χ2v) is 5.64. The second-order valence-electron chi connectivity index (χ2n) is 5.20. The van der Waals surface area contributed by atoms with Crippen LogP contribution in [0.1, 0.15) is 27.0 Å². The number of halogens is 2. The molecule has 1 aliphatic heterocycles. The Hall–Kier alpha value is -2.11. The van der Waals surface area contributed by atoms with E-state index in [0.29, 0.717) is 28.5 Å². The largest absolute Gasteiger partial charge is 0.467 e. The van der Waals surface area contributed by atoms with Crippen LogP contribution < -0.4 is 4.74 Å². The van der Waals surface area contributed by atoms with E-state index in [1.165, 1.54) is 12.1 Å². The Morgan fingerprint density at radius 1 is 1.35 bits per heavy atom. The van der Waals surface area contributed by atoms with E-state index in [4.69, 9.17) is 25.8 Å². The lowest BCUT2D eigenvalue weighted by molar-refractivity contribution is -0.0180. The molecule has 0 saturated carbocycles. The van der Waals surface area contributed by atoms with E-state index < -0.39 is 11.8 Å². The molecule has 23 heavy (non-hydrogen) atoms. The number of benzene rings is 2. The van der Waals surface area contributed by atoms with Crippen molar-refractivity contribution in [2.45, 2.75) is 20.1 Å². The van der Waals surface area contributed by atoms with E-state index in [-0.39, 0.29) is 19.0 Å². The highest BCUT2D eigenvalue weighted by Gasteiger charge is 2.18. The summed E-state index contributed by atoms with van der Waals surface area (Å²) < 4.78 is 29.4. The summed E-state index contributed by atoms with van der Waals surface area (Å²) >= 11 is 6.05. The van der Waals surface area contributed by atoms with Gasteiger partial charge in [0.05, 0.1) is 12.2 Å². The molecule has 0 aromatic heterocycles. The number of ether oxygens (including phenoxy) is 3. The lowest BCUT2D eigenvalue weighted by Crippen LogP contribution is -2.14. The van der Waals surface area contributed by atoms with Crippen molar-refractivity contribution in [2.24, 2.45) is 0 Å². The molecule has 2 aromatic carbocycles. The summed E-state index contributed by atoms with van der Waals surface area (Å²) in [5.41, 5.74) is 2.08. The maximum atomic E-state index is 13.5. The first-order chi connectivity index (χ1) is 11.0. The number of rotatable bonds is 3. The minimum atomic E-state index is -0.607. The lowest BCUT2D eigenvalue weighted by Gasteiger charge is -2.21. The monoisotopic (exact) mass is 336 g/mol. The first kappa shape index (κ1) is 15.8. The SMILES string of the molecule is Cc1ccc(C(=O)OCc2cc(Cl)cc3c2OCOC3)cc1F. The predicted octanol–water partition coefficient (Wildman–Crippen LogP) is 4.01. The second kappa shape index (κ2) is 6.56. The van der Waals surface area contributed by atoms with Crippen LogP contribution in [0, 0.1) is 12.7 Å². The fraction of sp³-hybridized carbons (Fsp3) is 0.235. The topological polar surface area (TPSA) is 44.8 Å². The standard InChI is InChI=1S/C17H14ClFO4/c1-10-2-3-11(6-15(10)19)17(20)22-8-13-5-14(18)4-12-7-21-9-23-16(12)13/h2-6H,7-9H2,1H3. The molecule has 0 aliphatic carbocycles. The third-order valence-corrected chi connectivity index (χ3v) is 3.74. The average Bonchev–Trinajstić information content (AvgIpc) is 2.54. The number of hydrogen-bond donors (Lipinski definition) is 0. The summed E-state index contributed by atoms with van der Waals surface area (Å²) in [5.74, 6) is -0.437. The molecule has 0 unspecified atom stereocenters. The summed E-state index contributed by atoms with van der Waals surface area (Å²) in [6.45, 7) is 2.14. The highest BCUT2D eigenvalue weighted by molar-refractivity contribution is 6.30. The molecule has 3 rings (SSSR count). The van der Waals surface area contributed by atoms with E-state index in [1.807, 2.05) is 0 Å². The van der Waals surface area contributed by atoms with Gasteiger partial charge in [0.2, 0.25) is 0 Å². The van der Waals surface area contributed by atoms with Gasteiger partial charge in [-0.1, -0.05) is 17.7 Å². The van der Waals surface area contributed by atoms with Gasteiger partial charge in [0, 0.05) is 16.1 Å². The minimum Gasteiger partial charge on any atom is -0.467 e. The smallest absolute Gasteiger partial charge is 0.338 e. The van der Waals surface area contributed by atoms with Gasteiger partial charge in [-0.25, -0.2) is 9.18 Å². The van der Waals surface area contributed by atoms with Crippen LogP contribution in [0.25, 0.3) is 0 Å². The molecule has 1 aliphatic rings. The predicted molar refractivity (Wildman–Crippen MR) is 82.0 cm³/mol. The van der Waals surface area contributed by atoms with Crippen molar-refractivity contribution in [3.63, 3.8) is 0 Å². The summed E-state index contributed by atoms with van der Waals surface area (Å²) in [4.78, 5) is 12.0. The van der Waals surface area contributed by atoms with Gasteiger partial charge >= 0.3 is 5.97 Å². The van der Waals surface area contributed by atoms with Crippen molar-refractivity contribution in [3.05, 3.63) is 63.4 Å². The van der Waals surface area contributed by atoms with Gasteiger partial charge in [-0.05, 0) is 36.8 Å². The van der Waals surface area contributed by atoms with Gasteiger partial charge in [-0.15, -0.1) is 0 Å². The Morgan fingerprint density at radius 2 is 2.17 bits per heavy atom. The van der Waals surface area contributed by atoms with Crippen LogP contribution in [-0.4, -0.2) is 12.8 Å². The van der Waals surface area contributed by atoms with Gasteiger partial charge < -0.3 is 14.2 Å². The molecule has 4 nitrogen and oxygen atoms in total.